The van der Waals surface area contributed by atoms with Crippen LogP contribution in [-0.2, 0) is 11.4 Å². The second kappa shape index (κ2) is 10.2. The molecule has 32 heavy (non-hydrogen) atoms. The van der Waals surface area contributed by atoms with Crippen LogP contribution in [0.4, 0.5) is 11.4 Å². The third-order valence-corrected chi connectivity index (χ3v) is 6.45. The first kappa shape index (κ1) is 22.3. The second-order valence-electron chi connectivity index (χ2n) is 7.78. The molecule has 0 spiro atoms. The molecule has 1 aliphatic carbocycles. The molecule has 1 unspecified atom stereocenters. The predicted octanol–water partition coefficient (Wildman–Crippen LogP) is 4.56. The molecular formula is C25H29N3O3S. The lowest BCUT2D eigenvalue weighted by molar-refractivity contribution is 0.277. The van der Waals surface area contributed by atoms with E-state index in [4.69, 9.17) is 15.6 Å². The molecule has 1 heterocycles. The number of hydrogen-bond donors (Lipinski definition) is 3. The van der Waals surface area contributed by atoms with Gasteiger partial charge in [0.15, 0.2) is 5.76 Å². The SMILES string of the molecule is CSCCCN1c2ccccc2C(ONc2c(C)cc(ON)cc2CO)=C2C=CC=CC21. The fourth-order valence-electron chi connectivity index (χ4n) is 4.25. The molecule has 0 saturated carbocycles. The molecule has 1 atom stereocenters. The average molecular weight is 452 g/mol. The zero-order chi connectivity index (χ0) is 22.5. The number of rotatable bonds is 9. The van der Waals surface area contributed by atoms with Crippen LogP contribution in [0, 0.1) is 6.92 Å². The van der Waals surface area contributed by atoms with Gasteiger partial charge in [0.25, 0.3) is 0 Å². The Morgan fingerprint density at radius 3 is 2.84 bits per heavy atom. The van der Waals surface area contributed by atoms with Crippen LogP contribution in [0.25, 0.3) is 5.76 Å². The van der Waals surface area contributed by atoms with Gasteiger partial charge >= 0.3 is 0 Å². The summed E-state index contributed by atoms with van der Waals surface area (Å²) in [5.41, 5.74) is 8.62. The van der Waals surface area contributed by atoms with Gasteiger partial charge in [-0.25, -0.2) is 5.48 Å². The molecule has 0 saturated heterocycles. The number of benzene rings is 2. The molecule has 0 fully saturated rings. The highest BCUT2D eigenvalue weighted by Crippen LogP contribution is 2.41. The highest BCUT2D eigenvalue weighted by Gasteiger charge is 2.32. The van der Waals surface area contributed by atoms with Crippen molar-refractivity contribution in [3.8, 4) is 5.75 Å². The lowest BCUT2D eigenvalue weighted by atomic mass is 9.90. The van der Waals surface area contributed by atoms with Gasteiger partial charge in [0.2, 0.25) is 0 Å². The minimum atomic E-state index is -0.166. The Morgan fingerprint density at radius 1 is 1.22 bits per heavy atom. The average Bonchev–Trinajstić information content (AvgIpc) is 2.83. The van der Waals surface area contributed by atoms with Crippen molar-refractivity contribution in [1.82, 2.24) is 0 Å². The maximum absolute atomic E-state index is 9.85. The van der Waals surface area contributed by atoms with E-state index in [1.54, 1.807) is 12.1 Å². The summed E-state index contributed by atoms with van der Waals surface area (Å²) in [7, 11) is 0. The van der Waals surface area contributed by atoms with E-state index in [1.165, 1.54) is 0 Å². The standard InChI is InChI=1S/C25H29N3O3S/c1-17-14-19(30-26)15-18(16-29)24(17)27-31-25-20-8-3-5-10-22(20)28(12-7-13-32-2)23-11-6-4-9-21(23)25/h3-6,8-11,14-15,22,27,29H,7,12-13,16,26H2,1-2H3. The maximum Gasteiger partial charge on any atom is 0.169 e. The normalized spacial score (nSPS) is 16.6. The van der Waals surface area contributed by atoms with Gasteiger partial charge in [-0.3, -0.25) is 0 Å². The molecule has 7 heteroatoms. The number of hydrogen-bond acceptors (Lipinski definition) is 7. The summed E-state index contributed by atoms with van der Waals surface area (Å²) < 4.78 is 0. The van der Waals surface area contributed by atoms with Gasteiger partial charge in [0.1, 0.15) is 5.75 Å². The molecule has 4 N–H and O–H groups in total. The molecule has 0 bridgehead atoms. The Kier molecular flexibility index (Phi) is 7.09. The minimum absolute atomic E-state index is 0.111. The van der Waals surface area contributed by atoms with Crippen LogP contribution in [0.5, 0.6) is 5.75 Å². The minimum Gasteiger partial charge on any atom is -0.412 e. The molecule has 0 amide bonds. The summed E-state index contributed by atoms with van der Waals surface area (Å²) in [6.45, 7) is 2.72. The number of aliphatic hydroxyl groups excluding tert-OH is 1. The summed E-state index contributed by atoms with van der Waals surface area (Å²) in [5, 5.41) is 9.85. The number of nitrogens with two attached hydrogens (primary N) is 1. The second-order valence-corrected chi connectivity index (χ2v) is 8.77. The third-order valence-electron chi connectivity index (χ3n) is 5.75. The van der Waals surface area contributed by atoms with Gasteiger partial charge in [-0.05, 0) is 55.2 Å². The number of nitrogens with one attached hydrogen (secondary N) is 1. The van der Waals surface area contributed by atoms with E-state index in [1.807, 2.05) is 30.8 Å². The lowest BCUT2D eigenvalue weighted by Gasteiger charge is -2.40. The summed E-state index contributed by atoms with van der Waals surface area (Å²) >= 11 is 1.87. The Balaban J connectivity index is 1.69. The molecule has 168 valence electrons. The van der Waals surface area contributed by atoms with Crippen molar-refractivity contribution < 1.29 is 14.8 Å². The smallest absolute Gasteiger partial charge is 0.169 e. The fraction of sp³-hybridized carbons (Fsp3) is 0.280. The van der Waals surface area contributed by atoms with E-state index in [9.17, 15) is 5.11 Å². The first-order valence-electron chi connectivity index (χ1n) is 10.7. The quantitative estimate of drug-likeness (QED) is 0.381. The van der Waals surface area contributed by atoms with E-state index in [0.717, 1.165) is 46.9 Å². The summed E-state index contributed by atoms with van der Waals surface area (Å²) in [4.78, 5) is 13.6. The highest BCUT2D eigenvalue weighted by atomic mass is 32.2. The van der Waals surface area contributed by atoms with Crippen molar-refractivity contribution >= 4 is 28.9 Å². The number of aryl methyl sites for hydroxylation is 1. The van der Waals surface area contributed by atoms with Crippen molar-refractivity contribution in [3.63, 3.8) is 0 Å². The molecule has 6 nitrogen and oxygen atoms in total. The van der Waals surface area contributed by atoms with Gasteiger partial charge in [0.05, 0.1) is 18.3 Å². The van der Waals surface area contributed by atoms with Gasteiger partial charge in [-0.2, -0.15) is 17.7 Å². The predicted molar refractivity (Wildman–Crippen MR) is 132 cm³/mol. The molecule has 0 radical (unpaired) electrons. The van der Waals surface area contributed by atoms with E-state index in [-0.39, 0.29) is 12.6 Å². The summed E-state index contributed by atoms with van der Waals surface area (Å²) in [6, 6.07) is 12.0. The van der Waals surface area contributed by atoms with Crippen molar-refractivity contribution in [2.24, 2.45) is 5.90 Å². The Bertz CT molecular complexity index is 1060. The molecule has 2 aromatic carbocycles. The van der Waals surface area contributed by atoms with Crippen LogP contribution < -0.4 is 21.1 Å². The number of thioether (sulfide) groups is 1. The van der Waals surface area contributed by atoms with E-state index in [2.05, 4.69) is 53.1 Å². The number of allylic oxidation sites excluding steroid dienone is 2. The van der Waals surface area contributed by atoms with Crippen LogP contribution in [-0.4, -0.2) is 29.7 Å². The molecule has 2 aromatic rings. The number of fused-ring (bicyclic) bond motifs is 2. The monoisotopic (exact) mass is 451 g/mol. The first-order valence-corrected chi connectivity index (χ1v) is 12.0. The van der Waals surface area contributed by atoms with Gasteiger partial charge in [0, 0.05) is 28.9 Å². The van der Waals surface area contributed by atoms with Crippen molar-refractivity contribution in [2.45, 2.75) is 26.0 Å². The number of aliphatic hydroxyl groups is 1. The van der Waals surface area contributed by atoms with Gasteiger partial charge < -0.3 is 19.7 Å². The van der Waals surface area contributed by atoms with Crippen LogP contribution in [0.15, 0.2) is 66.3 Å². The third kappa shape index (κ3) is 4.37. The number of nitrogens with zero attached hydrogens (tertiary/aromatic N) is 1. The largest absolute Gasteiger partial charge is 0.412 e. The molecular weight excluding hydrogens is 422 g/mol. The van der Waals surface area contributed by atoms with Crippen LogP contribution in [0.2, 0.25) is 0 Å². The fourth-order valence-corrected chi connectivity index (χ4v) is 4.67. The van der Waals surface area contributed by atoms with Crippen LogP contribution in [0.1, 0.15) is 23.1 Å². The van der Waals surface area contributed by atoms with Crippen molar-refractivity contribution in [3.05, 3.63) is 83.0 Å². The van der Waals surface area contributed by atoms with Gasteiger partial charge in [-0.15, -0.1) is 0 Å². The van der Waals surface area contributed by atoms with Crippen molar-refractivity contribution in [1.29, 1.82) is 0 Å². The van der Waals surface area contributed by atoms with Crippen LogP contribution >= 0.6 is 11.8 Å². The van der Waals surface area contributed by atoms with Gasteiger partial charge in [-0.1, -0.05) is 36.4 Å². The lowest BCUT2D eigenvalue weighted by Crippen LogP contribution is -2.40. The zero-order valence-corrected chi connectivity index (χ0v) is 19.2. The topological polar surface area (TPSA) is 80.0 Å². The zero-order valence-electron chi connectivity index (χ0n) is 18.4. The molecule has 0 aromatic heterocycles. The number of anilines is 2. The maximum atomic E-state index is 9.85. The summed E-state index contributed by atoms with van der Waals surface area (Å²) in [6.07, 6.45) is 11.7. The Labute approximate surface area is 193 Å². The highest BCUT2D eigenvalue weighted by molar-refractivity contribution is 7.98. The summed E-state index contributed by atoms with van der Waals surface area (Å²) in [5.74, 6) is 7.71. The molecule has 1 aliphatic heterocycles. The van der Waals surface area contributed by atoms with Crippen molar-refractivity contribution in [2.75, 3.05) is 28.9 Å². The Hall–Kier alpha value is -2.87. The van der Waals surface area contributed by atoms with E-state index in [0.29, 0.717) is 17.0 Å². The van der Waals surface area contributed by atoms with Crippen LogP contribution in [0.3, 0.4) is 0 Å². The van der Waals surface area contributed by atoms with E-state index < -0.39 is 0 Å². The Morgan fingerprint density at radius 2 is 2.06 bits per heavy atom. The molecule has 4 rings (SSSR count). The van der Waals surface area contributed by atoms with E-state index >= 15 is 0 Å². The number of para-hydroxylation sites is 1. The molecule has 2 aliphatic rings. The first-order chi connectivity index (χ1) is 15.7.